The Hall–Kier alpha value is -0.880. The van der Waals surface area contributed by atoms with E-state index in [1.54, 1.807) is 24.3 Å². The normalized spacial score (nSPS) is 17.0. The van der Waals surface area contributed by atoms with Gasteiger partial charge in [0.2, 0.25) is 10.0 Å². The topological polar surface area (TPSA) is 55.2 Å². The molecule has 2 rings (SSSR count). The molecule has 0 radical (unpaired) electrons. The molecular formula is C11H19N3O2S. The summed E-state index contributed by atoms with van der Waals surface area (Å²) in [6, 6.07) is 0.180. The van der Waals surface area contributed by atoms with E-state index in [0.717, 1.165) is 18.7 Å². The fourth-order valence-corrected chi connectivity index (χ4v) is 3.21. The zero-order valence-electron chi connectivity index (χ0n) is 10.5. The van der Waals surface area contributed by atoms with E-state index >= 15 is 0 Å². The van der Waals surface area contributed by atoms with Crippen molar-refractivity contribution >= 4 is 10.0 Å². The zero-order valence-corrected chi connectivity index (χ0v) is 11.3. The van der Waals surface area contributed by atoms with Crippen molar-refractivity contribution < 1.29 is 8.42 Å². The Kier molecular flexibility index (Phi) is 3.27. The van der Waals surface area contributed by atoms with E-state index in [4.69, 9.17) is 0 Å². The highest BCUT2D eigenvalue weighted by atomic mass is 32.2. The SMILES string of the molecule is CC(C)S(=O)(=O)N(Cc1nccn1C)C1CC1. The lowest BCUT2D eigenvalue weighted by atomic mass is 10.5. The minimum Gasteiger partial charge on any atom is -0.337 e. The molecule has 0 saturated heterocycles. The lowest BCUT2D eigenvalue weighted by Crippen LogP contribution is -2.38. The van der Waals surface area contributed by atoms with Crippen LogP contribution in [-0.2, 0) is 23.6 Å². The summed E-state index contributed by atoms with van der Waals surface area (Å²) in [6.45, 7) is 3.83. The van der Waals surface area contributed by atoms with Gasteiger partial charge in [0.1, 0.15) is 5.82 Å². The second-order valence-electron chi connectivity index (χ2n) is 4.82. The molecular weight excluding hydrogens is 238 g/mol. The van der Waals surface area contributed by atoms with Gasteiger partial charge in [-0.2, -0.15) is 4.31 Å². The number of hydrogen-bond donors (Lipinski definition) is 0. The molecule has 0 aromatic carbocycles. The molecule has 0 amide bonds. The van der Waals surface area contributed by atoms with Gasteiger partial charge in [0.05, 0.1) is 11.8 Å². The summed E-state index contributed by atoms with van der Waals surface area (Å²) in [4.78, 5) is 4.20. The summed E-state index contributed by atoms with van der Waals surface area (Å²) in [7, 11) is -1.30. The molecule has 1 heterocycles. The van der Waals surface area contributed by atoms with Gasteiger partial charge >= 0.3 is 0 Å². The number of aromatic nitrogens is 2. The van der Waals surface area contributed by atoms with Crippen LogP contribution in [0.25, 0.3) is 0 Å². The van der Waals surface area contributed by atoms with Gasteiger partial charge in [-0.15, -0.1) is 0 Å². The Balaban J connectivity index is 2.22. The second-order valence-corrected chi connectivity index (χ2v) is 7.27. The van der Waals surface area contributed by atoms with E-state index < -0.39 is 10.0 Å². The molecule has 1 aromatic heterocycles. The summed E-state index contributed by atoms with van der Waals surface area (Å²) >= 11 is 0. The minimum absolute atomic E-state index is 0.180. The van der Waals surface area contributed by atoms with Crippen LogP contribution in [0.5, 0.6) is 0 Å². The van der Waals surface area contributed by atoms with E-state index in [-0.39, 0.29) is 11.3 Å². The van der Waals surface area contributed by atoms with Gasteiger partial charge in [-0.25, -0.2) is 13.4 Å². The molecule has 96 valence electrons. The molecule has 5 nitrogen and oxygen atoms in total. The maximum absolute atomic E-state index is 12.2. The molecule has 0 atom stereocenters. The van der Waals surface area contributed by atoms with Crippen molar-refractivity contribution in [2.75, 3.05) is 0 Å². The van der Waals surface area contributed by atoms with Gasteiger partial charge in [-0.3, -0.25) is 0 Å². The third-order valence-corrected chi connectivity index (χ3v) is 5.37. The molecule has 17 heavy (non-hydrogen) atoms. The summed E-state index contributed by atoms with van der Waals surface area (Å²) in [5.74, 6) is 0.793. The molecule has 1 aliphatic carbocycles. The highest BCUT2D eigenvalue weighted by Crippen LogP contribution is 2.31. The standard InChI is InChI=1S/C11H19N3O2S/c1-9(2)17(15,16)14(10-4-5-10)8-11-12-6-7-13(11)3/h6-7,9-10H,4-5,8H2,1-3H3. The van der Waals surface area contributed by atoms with Crippen LogP contribution < -0.4 is 0 Å². The number of rotatable bonds is 5. The molecule has 1 saturated carbocycles. The molecule has 1 aliphatic rings. The predicted molar refractivity (Wildman–Crippen MR) is 65.8 cm³/mol. The first-order valence-corrected chi connectivity index (χ1v) is 7.40. The predicted octanol–water partition coefficient (Wildman–Crippen LogP) is 1.12. The van der Waals surface area contributed by atoms with Crippen LogP contribution in [0.1, 0.15) is 32.5 Å². The number of nitrogens with zero attached hydrogens (tertiary/aromatic N) is 3. The van der Waals surface area contributed by atoms with Crippen LogP contribution in [0.2, 0.25) is 0 Å². The van der Waals surface area contributed by atoms with Crippen LogP contribution >= 0.6 is 0 Å². The van der Waals surface area contributed by atoms with Crippen molar-refractivity contribution in [1.82, 2.24) is 13.9 Å². The van der Waals surface area contributed by atoms with Gasteiger partial charge < -0.3 is 4.57 Å². The molecule has 1 aromatic rings. The maximum atomic E-state index is 12.2. The number of aryl methyl sites for hydroxylation is 1. The number of sulfonamides is 1. The Bertz CT molecular complexity index is 489. The summed E-state index contributed by atoms with van der Waals surface area (Å²) in [5, 5.41) is -0.372. The quantitative estimate of drug-likeness (QED) is 0.794. The van der Waals surface area contributed by atoms with Gasteiger partial charge in [-0.05, 0) is 26.7 Å². The van der Waals surface area contributed by atoms with Crippen LogP contribution in [0.3, 0.4) is 0 Å². The monoisotopic (exact) mass is 257 g/mol. The van der Waals surface area contributed by atoms with Crippen molar-refractivity contribution in [3.05, 3.63) is 18.2 Å². The first-order chi connectivity index (χ1) is 7.93. The summed E-state index contributed by atoms with van der Waals surface area (Å²) in [5.41, 5.74) is 0. The molecule has 0 unspecified atom stereocenters. The smallest absolute Gasteiger partial charge is 0.217 e. The number of imidazole rings is 1. The first-order valence-electron chi connectivity index (χ1n) is 5.89. The minimum atomic E-state index is -3.19. The van der Waals surface area contributed by atoms with E-state index in [9.17, 15) is 8.42 Å². The largest absolute Gasteiger partial charge is 0.337 e. The molecule has 0 N–H and O–H groups in total. The fraction of sp³-hybridized carbons (Fsp3) is 0.727. The lowest BCUT2D eigenvalue weighted by molar-refractivity contribution is 0.381. The second kappa shape index (κ2) is 4.42. The number of hydrogen-bond acceptors (Lipinski definition) is 3. The lowest BCUT2D eigenvalue weighted by Gasteiger charge is -2.23. The molecule has 1 fully saturated rings. The van der Waals surface area contributed by atoms with Crippen molar-refractivity contribution in [1.29, 1.82) is 0 Å². The highest BCUT2D eigenvalue weighted by molar-refractivity contribution is 7.89. The summed E-state index contributed by atoms with van der Waals surface area (Å²) in [6.07, 6.45) is 5.47. The summed E-state index contributed by atoms with van der Waals surface area (Å²) < 4.78 is 28.0. The molecule has 0 aliphatic heterocycles. The Morgan fingerprint density at radius 3 is 2.59 bits per heavy atom. The van der Waals surface area contributed by atoms with Crippen LogP contribution in [0, 0.1) is 0 Å². The van der Waals surface area contributed by atoms with Gasteiger partial charge in [-0.1, -0.05) is 0 Å². The Morgan fingerprint density at radius 2 is 2.18 bits per heavy atom. The molecule has 0 spiro atoms. The van der Waals surface area contributed by atoms with E-state index in [1.165, 1.54) is 0 Å². The van der Waals surface area contributed by atoms with Gasteiger partial charge in [0.15, 0.2) is 0 Å². The Morgan fingerprint density at radius 1 is 1.53 bits per heavy atom. The average Bonchev–Trinajstić information content (AvgIpc) is 2.99. The van der Waals surface area contributed by atoms with Gasteiger partial charge in [0.25, 0.3) is 0 Å². The van der Waals surface area contributed by atoms with E-state index in [2.05, 4.69) is 4.98 Å². The van der Waals surface area contributed by atoms with Gasteiger partial charge in [0, 0.05) is 25.5 Å². The maximum Gasteiger partial charge on any atom is 0.217 e. The van der Waals surface area contributed by atoms with E-state index in [1.807, 2.05) is 17.8 Å². The van der Waals surface area contributed by atoms with Crippen molar-refractivity contribution in [2.45, 2.75) is 44.5 Å². The van der Waals surface area contributed by atoms with Crippen LogP contribution in [-0.4, -0.2) is 33.6 Å². The highest BCUT2D eigenvalue weighted by Gasteiger charge is 2.39. The van der Waals surface area contributed by atoms with Crippen molar-refractivity contribution in [3.8, 4) is 0 Å². The van der Waals surface area contributed by atoms with Crippen LogP contribution in [0.15, 0.2) is 12.4 Å². The van der Waals surface area contributed by atoms with Crippen molar-refractivity contribution in [2.24, 2.45) is 7.05 Å². The first kappa shape index (κ1) is 12.6. The van der Waals surface area contributed by atoms with Crippen LogP contribution in [0.4, 0.5) is 0 Å². The fourth-order valence-electron chi connectivity index (χ4n) is 1.75. The third kappa shape index (κ3) is 2.52. The van der Waals surface area contributed by atoms with E-state index in [0.29, 0.717) is 6.54 Å². The van der Waals surface area contributed by atoms with Crippen molar-refractivity contribution in [3.63, 3.8) is 0 Å². The Labute approximate surface area is 103 Å². The molecule has 0 bridgehead atoms. The molecule has 6 heteroatoms. The third-order valence-electron chi connectivity index (χ3n) is 3.09. The average molecular weight is 257 g/mol. The zero-order chi connectivity index (χ0) is 12.6.